The first-order valence-electron chi connectivity index (χ1n) is 8.55. The second-order valence-corrected chi connectivity index (χ2v) is 7.05. The Morgan fingerprint density at radius 2 is 2.00 bits per heavy atom. The minimum absolute atomic E-state index is 0.0344. The fourth-order valence-electron chi connectivity index (χ4n) is 2.08. The lowest BCUT2D eigenvalue weighted by Crippen LogP contribution is -2.48. The van der Waals surface area contributed by atoms with E-state index in [-0.39, 0.29) is 17.4 Å². The van der Waals surface area contributed by atoms with Crippen LogP contribution in [0.25, 0.3) is 6.08 Å². The minimum Gasteiger partial charge on any atom is -0.492 e. The quantitative estimate of drug-likeness (QED) is 0.254. The van der Waals surface area contributed by atoms with E-state index in [1.54, 1.807) is 37.3 Å². The highest BCUT2D eigenvalue weighted by molar-refractivity contribution is 7.80. The van der Waals surface area contributed by atoms with Crippen molar-refractivity contribution in [3.05, 3.63) is 58.0 Å². The maximum atomic E-state index is 11.8. The number of carbonyl (C=O) groups is 2. The van der Waals surface area contributed by atoms with Crippen molar-refractivity contribution in [3.8, 4) is 5.75 Å². The van der Waals surface area contributed by atoms with Crippen LogP contribution in [-0.2, 0) is 9.59 Å². The highest BCUT2D eigenvalue weighted by Gasteiger charge is 2.06. The molecular weight excluding hydrogens is 437 g/mol. The third-order valence-corrected chi connectivity index (χ3v) is 4.15. The van der Waals surface area contributed by atoms with Crippen LogP contribution in [-0.4, -0.2) is 23.5 Å². The third kappa shape index (κ3) is 8.55. The van der Waals surface area contributed by atoms with E-state index in [2.05, 4.69) is 16.2 Å². The Labute approximate surface area is 183 Å². The molecule has 2 rings (SSSR count). The van der Waals surface area contributed by atoms with Crippen LogP contribution in [0.1, 0.15) is 24.4 Å². The van der Waals surface area contributed by atoms with Gasteiger partial charge < -0.3 is 9.15 Å². The molecule has 0 spiro atoms. The molecular formula is C19H19Cl2N3O4S. The van der Waals surface area contributed by atoms with E-state index in [0.29, 0.717) is 34.6 Å². The van der Waals surface area contributed by atoms with Crippen molar-refractivity contribution in [2.45, 2.75) is 19.8 Å². The third-order valence-electron chi connectivity index (χ3n) is 3.41. The topological polar surface area (TPSA) is 92.6 Å². The molecule has 2 aromatic rings. The molecule has 3 N–H and O–H groups in total. The SMILES string of the molecule is Cc1ccc(C=CC(=O)NC(=S)NNC(=O)CCCOc2ccc(Cl)cc2Cl)o1. The van der Waals surface area contributed by atoms with E-state index in [1.807, 2.05) is 0 Å². The first-order valence-corrected chi connectivity index (χ1v) is 9.72. The molecule has 0 atom stereocenters. The maximum absolute atomic E-state index is 11.8. The number of furan rings is 1. The molecule has 0 saturated heterocycles. The zero-order valence-electron chi connectivity index (χ0n) is 15.5. The van der Waals surface area contributed by atoms with Gasteiger partial charge in [0, 0.05) is 17.5 Å². The number of benzene rings is 1. The van der Waals surface area contributed by atoms with Gasteiger partial charge in [0.15, 0.2) is 5.11 Å². The molecule has 0 unspecified atom stereocenters. The van der Waals surface area contributed by atoms with E-state index in [4.69, 9.17) is 44.6 Å². The summed E-state index contributed by atoms with van der Waals surface area (Å²) in [6.07, 6.45) is 3.42. The van der Waals surface area contributed by atoms with Gasteiger partial charge >= 0.3 is 0 Å². The number of halogens is 2. The second kappa shape index (κ2) is 11.5. The summed E-state index contributed by atoms with van der Waals surface area (Å²) in [7, 11) is 0. The highest BCUT2D eigenvalue weighted by Crippen LogP contribution is 2.27. The number of hydrogen-bond acceptors (Lipinski definition) is 5. The van der Waals surface area contributed by atoms with Crippen LogP contribution in [0.4, 0.5) is 0 Å². The van der Waals surface area contributed by atoms with Gasteiger partial charge in [0.05, 0.1) is 11.6 Å². The molecule has 0 aliphatic heterocycles. The van der Waals surface area contributed by atoms with Crippen LogP contribution in [0.3, 0.4) is 0 Å². The van der Waals surface area contributed by atoms with Crippen molar-refractivity contribution in [1.29, 1.82) is 0 Å². The average molecular weight is 456 g/mol. The van der Waals surface area contributed by atoms with Crippen LogP contribution in [0.2, 0.25) is 10.0 Å². The van der Waals surface area contributed by atoms with Gasteiger partial charge in [0.25, 0.3) is 0 Å². The molecule has 29 heavy (non-hydrogen) atoms. The fraction of sp³-hybridized carbons (Fsp3) is 0.211. The van der Waals surface area contributed by atoms with Crippen LogP contribution in [0, 0.1) is 6.92 Å². The largest absolute Gasteiger partial charge is 0.492 e. The van der Waals surface area contributed by atoms with E-state index >= 15 is 0 Å². The van der Waals surface area contributed by atoms with E-state index in [9.17, 15) is 9.59 Å². The van der Waals surface area contributed by atoms with Crippen molar-refractivity contribution < 1.29 is 18.7 Å². The van der Waals surface area contributed by atoms with E-state index < -0.39 is 5.91 Å². The molecule has 154 valence electrons. The monoisotopic (exact) mass is 455 g/mol. The number of ether oxygens (including phenoxy) is 1. The summed E-state index contributed by atoms with van der Waals surface area (Å²) in [6, 6.07) is 8.43. The summed E-state index contributed by atoms with van der Waals surface area (Å²) >= 11 is 16.8. The van der Waals surface area contributed by atoms with Crippen molar-refractivity contribution in [2.75, 3.05) is 6.61 Å². The maximum Gasteiger partial charge on any atom is 0.250 e. The van der Waals surface area contributed by atoms with Gasteiger partial charge in [-0.25, -0.2) is 0 Å². The first kappa shape index (κ1) is 22.7. The van der Waals surface area contributed by atoms with Crippen molar-refractivity contribution in [2.24, 2.45) is 0 Å². The minimum atomic E-state index is -0.459. The standard InChI is InChI=1S/C19H19Cl2N3O4S/c1-12-4-6-14(28-12)7-9-17(25)22-19(29)24-23-18(26)3-2-10-27-16-8-5-13(20)11-15(16)21/h4-9,11H,2-3,10H2,1H3,(H,23,26)(H2,22,24,25,29). The van der Waals surface area contributed by atoms with Gasteiger partial charge in [-0.15, -0.1) is 0 Å². The Morgan fingerprint density at radius 1 is 1.21 bits per heavy atom. The fourth-order valence-corrected chi connectivity index (χ4v) is 2.70. The van der Waals surface area contributed by atoms with E-state index in [0.717, 1.165) is 5.76 Å². The second-order valence-electron chi connectivity index (χ2n) is 5.80. The van der Waals surface area contributed by atoms with Crippen molar-refractivity contribution in [1.82, 2.24) is 16.2 Å². The van der Waals surface area contributed by atoms with Gasteiger partial charge in [-0.1, -0.05) is 23.2 Å². The van der Waals surface area contributed by atoms with Gasteiger partial charge in [-0.05, 0) is 62.0 Å². The van der Waals surface area contributed by atoms with Crippen molar-refractivity contribution >= 4 is 58.4 Å². The number of aryl methyl sites for hydroxylation is 1. The molecule has 0 aliphatic carbocycles. The summed E-state index contributed by atoms with van der Waals surface area (Å²) in [5.41, 5.74) is 4.85. The predicted molar refractivity (Wildman–Crippen MR) is 116 cm³/mol. The number of amides is 2. The summed E-state index contributed by atoms with van der Waals surface area (Å²) in [4.78, 5) is 23.6. The molecule has 0 radical (unpaired) electrons. The molecule has 0 aliphatic rings. The van der Waals surface area contributed by atoms with Gasteiger partial charge in [-0.2, -0.15) is 0 Å². The molecule has 10 heteroatoms. The predicted octanol–water partition coefficient (Wildman–Crippen LogP) is 3.79. The molecule has 1 aromatic carbocycles. The van der Waals surface area contributed by atoms with Gasteiger partial charge in [-0.3, -0.25) is 25.8 Å². The zero-order valence-corrected chi connectivity index (χ0v) is 17.8. The Bertz CT molecular complexity index is 915. The summed E-state index contributed by atoms with van der Waals surface area (Å²) < 4.78 is 10.8. The van der Waals surface area contributed by atoms with Crippen LogP contribution in [0.15, 0.2) is 40.8 Å². The Kier molecular flexibility index (Phi) is 8.98. The number of rotatable bonds is 7. The molecule has 2 amide bonds. The lowest BCUT2D eigenvalue weighted by atomic mass is 10.3. The van der Waals surface area contributed by atoms with Crippen molar-refractivity contribution in [3.63, 3.8) is 0 Å². The Hall–Kier alpha value is -2.55. The molecule has 0 bridgehead atoms. The first-order chi connectivity index (χ1) is 13.8. The molecule has 7 nitrogen and oxygen atoms in total. The van der Waals surface area contributed by atoms with Crippen LogP contribution >= 0.6 is 35.4 Å². The summed E-state index contributed by atoms with van der Waals surface area (Å²) in [5, 5.41) is 3.29. The molecule has 1 aromatic heterocycles. The Morgan fingerprint density at radius 3 is 2.69 bits per heavy atom. The zero-order chi connectivity index (χ0) is 21.2. The Balaban J connectivity index is 1.61. The van der Waals surface area contributed by atoms with Crippen LogP contribution in [0.5, 0.6) is 5.75 Å². The van der Waals surface area contributed by atoms with Gasteiger partial charge in [0.2, 0.25) is 11.8 Å². The highest BCUT2D eigenvalue weighted by atomic mass is 35.5. The molecule has 0 saturated carbocycles. The molecule has 0 fully saturated rings. The van der Waals surface area contributed by atoms with Gasteiger partial charge in [0.1, 0.15) is 17.3 Å². The van der Waals surface area contributed by atoms with Crippen LogP contribution < -0.4 is 20.9 Å². The van der Waals surface area contributed by atoms with E-state index in [1.165, 1.54) is 12.2 Å². The number of carbonyl (C=O) groups excluding carboxylic acids is 2. The lowest BCUT2D eigenvalue weighted by molar-refractivity contribution is -0.122. The average Bonchev–Trinajstić information content (AvgIpc) is 3.08. The normalized spacial score (nSPS) is 10.6. The number of hydrogen-bond donors (Lipinski definition) is 3. The number of nitrogens with one attached hydrogen (secondary N) is 3. The smallest absolute Gasteiger partial charge is 0.250 e. The summed E-state index contributed by atoms with van der Waals surface area (Å²) in [6.45, 7) is 2.10. The lowest BCUT2D eigenvalue weighted by Gasteiger charge is -2.10. The number of hydrazine groups is 1. The number of thiocarbonyl (C=S) groups is 1. The summed E-state index contributed by atoms with van der Waals surface area (Å²) in [5.74, 6) is 1.02. The molecule has 1 heterocycles.